The van der Waals surface area contributed by atoms with E-state index in [2.05, 4.69) is 15.9 Å². The van der Waals surface area contributed by atoms with Gasteiger partial charge in [-0.1, -0.05) is 22.0 Å². The van der Waals surface area contributed by atoms with Crippen molar-refractivity contribution < 1.29 is 13.5 Å². The minimum absolute atomic E-state index is 0.206. The number of alkyl halides is 1. The van der Waals surface area contributed by atoms with Crippen LogP contribution >= 0.6 is 15.9 Å². The zero-order valence-electron chi connectivity index (χ0n) is 10.9. The van der Waals surface area contributed by atoms with E-state index in [-0.39, 0.29) is 4.83 Å². The Bertz CT molecular complexity index is 405. The van der Waals surface area contributed by atoms with E-state index in [0.717, 1.165) is 38.4 Å². The first-order valence-corrected chi connectivity index (χ1v) is 7.76. The molecular formula is C15H19BrF2O. The second-order valence-electron chi connectivity index (χ2n) is 5.10. The SMILES string of the molecule is Fc1ccc(CC(Br)CCC2CCCCO2)c(F)c1. The molecule has 1 heterocycles. The molecule has 1 aromatic carbocycles. The molecule has 0 N–H and O–H groups in total. The Morgan fingerprint density at radius 3 is 2.84 bits per heavy atom. The van der Waals surface area contributed by atoms with Crippen molar-refractivity contribution in [3.8, 4) is 0 Å². The molecule has 2 atom stereocenters. The van der Waals surface area contributed by atoms with Gasteiger partial charge in [0.05, 0.1) is 6.10 Å². The first kappa shape index (κ1) is 14.9. The molecule has 0 saturated carbocycles. The monoisotopic (exact) mass is 332 g/mol. The molecule has 0 aliphatic carbocycles. The van der Waals surface area contributed by atoms with E-state index in [1.807, 2.05) is 0 Å². The van der Waals surface area contributed by atoms with Gasteiger partial charge >= 0.3 is 0 Å². The number of benzene rings is 1. The molecule has 0 amide bonds. The number of rotatable bonds is 5. The van der Waals surface area contributed by atoms with Gasteiger partial charge in [-0.3, -0.25) is 0 Å². The summed E-state index contributed by atoms with van der Waals surface area (Å²) in [5.74, 6) is -0.985. The summed E-state index contributed by atoms with van der Waals surface area (Å²) >= 11 is 3.58. The molecule has 1 aliphatic heterocycles. The zero-order valence-corrected chi connectivity index (χ0v) is 12.5. The van der Waals surface area contributed by atoms with E-state index in [0.29, 0.717) is 18.1 Å². The van der Waals surface area contributed by atoms with Crippen LogP contribution in [0, 0.1) is 11.6 Å². The third kappa shape index (κ3) is 4.84. The molecule has 1 saturated heterocycles. The van der Waals surface area contributed by atoms with Crippen LogP contribution in [0.3, 0.4) is 0 Å². The fourth-order valence-corrected chi connectivity index (χ4v) is 3.04. The summed E-state index contributed by atoms with van der Waals surface area (Å²) in [5, 5.41) is 0. The molecule has 1 fully saturated rings. The Hall–Kier alpha value is -0.480. The second-order valence-corrected chi connectivity index (χ2v) is 6.40. The molecule has 0 bridgehead atoms. The summed E-state index contributed by atoms with van der Waals surface area (Å²) < 4.78 is 32.0. The number of halogens is 3. The highest BCUT2D eigenvalue weighted by molar-refractivity contribution is 9.09. The maximum Gasteiger partial charge on any atom is 0.129 e. The number of hydrogen-bond acceptors (Lipinski definition) is 1. The van der Waals surface area contributed by atoms with Crippen LogP contribution in [0.25, 0.3) is 0 Å². The molecule has 0 radical (unpaired) electrons. The van der Waals surface area contributed by atoms with Crippen molar-refractivity contribution in [2.45, 2.75) is 49.5 Å². The Balaban J connectivity index is 1.78. The Kier molecular flexibility index (Phi) is 5.76. The van der Waals surface area contributed by atoms with Gasteiger partial charge in [0.15, 0.2) is 0 Å². The van der Waals surface area contributed by atoms with Gasteiger partial charge < -0.3 is 4.74 Å². The van der Waals surface area contributed by atoms with Gasteiger partial charge in [0.2, 0.25) is 0 Å². The van der Waals surface area contributed by atoms with Gasteiger partial charge in [-0.15, -0.1) is 0 Å². The Morgan fingerprint density at radius 1 is 1.32 bits per heavy atom. The summed E-state index contributed by atoms with van der Waals surface area (Å²) in [5.41, 5.74) is 0.563. The van der Waals surface area contributed by atoms with Gasteiger partial charge in [-0.05, 0) is 50.2 Å². The van der Waals surface area contributed by atoms with Gasteiger partial charge in [0, 0.05) is 17.5 Å². The van der Waals surface area contributed by atoms with Crippen LogP contribution in [0.5, 0.6) is 0 Å². The zero-order chi connectivity index (χ0) is 13.7. The van der Waals surface area contributed by atoms with E-state index in [1.54, 1.807) is 0 Å². The highest BCUT2D eigenvalue weighted by Crippen LogP contribution is 2.23. The largest absolute Gasteiger partial charge is 0.378 e. The number of hydrogen-bond donors (Lipinski definition) is 0. The Labute approximate surface area is 121 Å². The van der Waals surface area contributed by atoms with Crippen LogP contribution in [0.1, 0.15) is 37.7 Å². The van der Waals surface area contributed by atoms with Crippen LogP contribution in [0.2, 0.25) is 0 Å². The third-order valence-electron chi connectivity index (χ3n) is 3.53. The lowest BCUT2D eigenvalue weighted by atomic mass is 10.0. The molecule has 4 heteroatoms. The fourth-order valence-electron chi connectivity index (χ4n) is 2.43. The molecule has 0 aromatic heterocycles. The molecule has 2 rings (SSSR count). The highest BCUT2D eigenvalue weighted by atomic mass is 79.9. The van der Waals surface area contributed by atoms with Crippen LogP contribution in [0.4, 0.5) is 8.78 Å². The molecule has 1 aromatic rings. The lowest BCUT2D eigenvalue weighted by Crippen LogP contribution is -2.20. The predicted octanol–water partition coefficient (Wildman–Crippen LogP) is 4.62. The summed E-state index contributed by atoms with van der Waals surface area (Å²) in [7, 11) is 0. The van der Waals surface area contributed by atoms with E-state index in [1.165, 1.54) is 18.6 Å². The molecule has 106 valence electrons. The lowest BCUT2D eigenvalue weighted by Gasteiger charge is -2.23. The quantitative estimate of drug-likeness (QED) is 0.715. The summed E-state index contributed by atoms with van der Waals surface area (Å²) in [6, 6.07) is 3.78. The van der Waals surface area contributed by atoms with Crippen molar-refractivity contribution in [1.29, 1.82) is 0 Å². The first-order valence-electron chi connectivity index (χ1n) is 6.85. The van der Waals surface area contributed by atoms with Gasteiger partial charge in [-0.2, -0.15) is 0 Å². The topological polar surface area (TPSA) is 9.23 Å². The molecule has 1 nitrogen and oxygen atoms in total. The van der Waals surface area contributed by atoms with Crippen molar-refractivity contribution in [2.24, 2.45) is 0 Å². The molecular weight excluding hydrogens is 314 g/mol. The summed E-state index contributed by atoms with van der Waals surface area (Å²) in [6.45, 7) is 0.865. The first-order chi connectivity index (χ1) is 9.15. The third-order valence-corrected chi connectivity index (χ3v) is 4.31. The van der Waals surface area contributed by atoms with Crippen molar-refractivity contribution >= 4 is 15.9 Å². The van der Waals surface area contributed by atoms with Crippen molar-refractivity contribution in [3.05, 3.63) is 35.4 Å². The average molecular weight is 333 g/mol. The van der Waals surface area contributed by atoms with Crippen molar-refractivity contribution in [3.63, 3.8) is 0 Å². The van der Waals surface area contributed by atoms with E-state index in [4.69, 9.17) is 4.74 Å². The van der Waals surface area contributed by atoms with Gasteiger partial charge in [0.25, 0.3) is 0 Å². The minimum Gasteiger partial charge on any atom is -0.378 e. The van der Waals surface area contributed by atoms with Crippen LogP contribution in [-0.4, -0.2) is 17.5 Å². The highest BCUT2D eigenvalue weighted by Gasteiger charge is 2.16. The second kappa shape index (κ2) is 7.34. The summed E-state index contributed by atoms with van der Waals surface area (Å²) in [6.07, 6.45) is 6.41. The van der Waals surface area contributed by atoms with Crippen LogP contribution in [0.15, 0.2) is 18.2 Å². The summed E-state index contributed by atoms with van der Waals surface area (Å²) in [4.78, 5) is 0.206. The van der Waals surface area contributed by atoms with Crippen LogP contribution < -0.4 is 0 Å². The van der Waals surface area contributed by atoms with Crippen molar-refractivity contribution in [2.75, 3.05) is 6.61 Å². The number of ether oxygens (including phenoxy) is 1. The molecule has 1 aliphatic rings. The van der Waals surface area contributed by atoms with Gasteiger partial charge in [0.1, 0.15) is 11.6 Å². The van der Waals surface area contributed by atoms with E-state index < -0.39 is 11.6 Å². The standard InChI is InChI=1S/C15H19BrF2O/c16-12(5-7-14-3-1-2-8-19-14)9-11-4-6-13(17)10-15(11)18/h4,6,10,12,14H,1-3,5,7-9H2. The van der Waals surface area contributed by atoms with Gasteiger partial charge in [-0.25, -0.2) is 8.78 Å². The van der Waals surface area contributed by atoms with Crippen molar-refractivity contribution in [1.82, 2.24) is 0 Å². The van der Waals surface area contributed by atoms with E-state index in [9.17, 15) is 8.78 Å². The molecule has 0 spiro atoms. The lowest BCUT2D eigenvalue weighted by molar-refractivity contribution is 0.0102. The Morgan fingerprint density at radius 2 is 2.16 bits per heavy atom. The average Bonchev–Trinajstić information content (AvgIpc) is 2.41. The maximum absolute atomic E-state index is 13.5. The van der Waals surface area contributed by atoms with Crippen LogP contribution in [-0.2, 0) is 11.2 Å². The maximum atomic E-state index is 13.5. The normalized spacial score (nSPS) is 21.3. The predicted molar refractivity (Wildman–Crippen MR) is 75.6 cm³/mol. The molecule has 19 heavy (non-hydrogen) atoms. The molecule has 2 unspecified atom stereocenters. The minimum atomic E-state index is -0.525. The van der Waals surface area contributed by atoms with E-state index >= 15 is 0 Å². The smallest absolute Gasteiger partial charge is 0.129 e. The fraction of sp³-hybridized carbons (Fsp3) is 0.600.